The lowest BCUT2D eigenvalue weighted by atomic mass is 10.0. The number of carbonyl (C=O) groups excluding carboxylic acids is 1. The van der Waals surface area contributed by atoms with Gasteiger partial charge in [0.25, 0.3) is 0 Å². The van der Waals surface area contributed by atoms with Crippen LogP contribution in [0.4, 0.5) is 4.79 Å². The van der Waals surface area contributed by atoms with Gasteiger partial charge in [0.1, 0.15) is 0 Å². The molecule has 3 N–H and O–H groups in total. The van der Waals surface area contributed by atoms with Crippen molar-refractivity contribution < 1.29 is 19.8 Å². The number of carboxylic acid groups (broad SMARTS) is 1. The quantitative estimate of drug-likeness (QED) is 0.664. The topological polar surface area (TPSA) is 89.9 Å². The number of carboxylic acids is 1. The number of hydrogen-bond donors (Lipinski definition) is 3. The van der Waals surface area contributed by atoms with Crippen molar-refractivity contribution in [2.45, 2.75) is 38.8 Å². The highest BCUT2D eigenvalue weighted by atomic mass is 16.4. The van der Waals surface area contributed by atoms with E-state index >= 15 is 0 Å². The number of aliphatic hydroxyl groups is 1. The van der Waals surface area contributed by atoms with Crippen molar-refractivity contribution in [3.8, 4) is 0 Å². The lowest BCUT2D eigenvalue weighted by Crippen LogP contribution is -2.50. The van der Waals surface area contributed by atoms with E-state index in [1.165, 1.54) is 0 Å². The largest absolute Gasteiger partial charge is 0.481 e. The molecule has 1 aliphatic rings. The second-order valence-electron chi connectivity index (χ2n) is 4.58. The molecule has 2 unspecified atom stereocenters. The van der Waals surface area contributed by atoms with Crippen molar-refractivity contribution in [3.05, 3.63) is 0 Å². The minimum absolute atomic E-state index is 0.252. The molecule has 1 aliphatic heterocycles. The van der Waals surface area contributed by atoms with E-state index in [0.717, 1.165) is 0 Å². The van der Waals surface area contributed by atoms with Crippen LogP contribution in [0.3, 0.4) is 0 Å². The monoisotopic (exact) mass is 244 g/mol. The normalized spacial score (nSPS) is 20.8. The fraction of sp³-hybridized carbons (Fsp3) is 0.818. The van der Waals surface area contributed by atoms with Crippen LogP contribution in [0.25, 0.3) is 0 Å². The van der Waals surface area contributed by atoms with Gasteiger partial charge in [0, 0.05) is 19.1 Å². The maximum absolute atomic E-state index is 11.8. The number of aliphatic carboxylic acids is 1. The van der Waals surface area contributed by atoms with Gasteiger partial charge in [-0.2, -0.15) is 0 Å². The first kappa shape index (κ1) is 13.8. The Morgan fingerprint density at radius 2 is 1.82 bits per heavy atom. The number of likely N-dealkylation sites (tertiary alicyclic amines) is 1. The summed E-state index contributed by atoms with van der Waals surface area (Å²) in [6.45, 7) is 4.27. The molecule has 0 aromatic carbocycles. The van der Waals surface area contributed by atoms with Gasteiger partial charge in [-0.3, -0.25) is 4.79 Å². The zero-order valence-corrected chi connectivity index (χ0v) is 10.2. The summed E-state index contributed by atoms with van der Waals surface area (Å²) < 4.78 is 0. The third-order valence-corrected chi connectivity index (χ3v) is 3.24. The molecule has 6 nitrogen and oxygen atoms in total. The van der Waals surface area contributed by atoms with E-state index in [1.54, 1.807) is 18.7 Å². The second kappa shape index (κ2) is 5.86. The Bertz CT molecular complexity index is 287. The number of urea groups is 1. The molecule has 0 aliphatic carbocycles. The predicted molar refractivity (Wildman–Crippen MR) is 61.6 cm³/mol. The average Bonchev–Trinajstić information content (AvgIpc) is 2.28. The van der Waals surface area contributed by atoms with Crippen LogP contribution in [0.5, 0.6) is 0 Å². The number of nitrogens with one attached hydrogen (secondary N) is 1. The minimum Gasteiger partial charge on any atom is -0.481 e. The summed E-state index contributed by atoms with van der Waals surface area (Å²) in [4.78, 5) is 24.1. The molecule has 1 saturated heterocycles. The number of nitrogens with zero attached hydrogens (tertiary/aromatic N) is 1. The van der Waals surface area contributed by atoms with Crippen LogP contribution < -0.4 is 5.32 Å². The van der Waals surface area contributed by atoms with Crippen LogP contribution >= 0.6 is 0 Å². The van der Waals surface area contributed by atoms with Crippen LogP contribution in [0, 0.1) is 5.92 Å². The number of amides is 2. The van der Waals surface area contributed by atoms with E-state index in [9.17, 15) is 14.7 Å². The second-order valence-corrected chi connectivity index (χ2v) is 4.58. The van der Waals surface area contributed by atoms with E-state index < -0.39 is 17.9 Å². The highest BCUT2D eigenvalue weighted by molar-refractivity contribution is 5.76. The van der Waals surface area contributed by atoms with Gasteiger partial charge < -0.3 is 20.4 Å². The fourth-order valence-corrected chi connectivity index (χ4v) is 1.69. The molecule has 1 heterocycles. The van der Waals surface area contributed by atoms with E-state index in [1.807, 2.05) is 0 Å². The molecule has 17 heavy (non-hydrogen) atoms. The van der Waals surface area contributed by atoms with Crippen LogP contribution in [0.15, 0.2) is 0 Å². The summed E-state index contributed by atoms with van der Waals surface area (Å²) in [5, 5.41) is 20.8. The Hall–Kier alpha value is -1.30. The number of hydrogen-bond acceptors (Lipinski definition) is 3. The van der Waals surface area contributed by atoms with E-state index in [0.29, 0.717) is 25.9 Å². The Morgan fingerprint density at radius 1 is 1.29 bits per heavy atom. The third kappa shape index (κ3) is 3.89. The summed E-state index contributed by atoms with van der Waals surface area (Å²) in [5.74, 6) is -1.54. The summed E-state index contributed by atoms with van der Waals surface area (Å²) in [7, 11) is 0. The molecule has 0 aromatic heterocycles. The highest BCUT2D eigenvalue weighted by Gasteiger charge is 2.25. The summed E-state index contributed by atoms with van der Waals surface area (Å²) in [5.41, 5.74) is 0. The average molecular weight is 244 g/mol. The lowest BCUT2D eigenvalue weighted by molar-refractivity contribution is -0.141. The Morgan fingerprint density at radius 3 is 2.29 bits per heavy atom. The minimum atomic E-state index is -0.924. The van der Waals surface area contributed by atoms with Gasteiger partial charge in [-0.15, -0.1) is 0 Å². The summed E-state index contributed by atoms with van der Waals surface area (Å²) in [6, 6.07) is -0.663. The summed E-state index contributed by atoms with van der Waals surface area (Å²) >= 11 is 0. The SMILES string of the molecule is CC(NC(=O)N1CCC(O)CC1)C(C)C(=O)O. The number of aliphatic hydroxyl groups excluding tert-OH is 1. The van der Waals surface area contributed by atoms with Gasteiger partial charge in [0.15, 0.2) is 0 Å². The van der Waals surface area contributed by atoms with Gasteiger partial charge in [-0.25, -0.2) is 4.79 Å². The van der Waals surface area contributed by atoms with Crippen molar-refractivity contribution >= 4 is 12.0 Å². The van der Waals surface area contributed by atoms with Crippen molar-refractivity contribution in [1.29, 1.82) is 0 Å². The van der Waals surface area contributed by atoms with Gasteiger partial charge in [0.05, 0.1) is 12.0 Å². The van der Waals surface area contributed by atoms with Crippen LogP contribution in [0.2, 0.25) is 0 Å². The standard InChI is InChI=1S/C11H20N2O4/c1-7(10(15)16)8(2)12-11(17)13-5-3-9(14)4-6-13/h7-9,14H,3-6H2,1-2H3,(H,12,17)(H,15,16). The molecule has 0 spiro atoms. The van der Waals surface area contributed by atoms with Crippen LogP contribution in [0.1, 0.15) is 26.7 Å². The molecule has 1 rings (SSSR count). The Labute approximate surface area is 101 Å². The van der Waals surface area contributed by atoms with Crippen molar-refractivity contribution in [2.75, 3.05) is 13.1 Å². The van der Waals surface area contributed by atoms with Crippen molar-refractivity contribution in [2.24, 2.45) is 5.92 Å². The third-order valence-electron chi connectivity index (χ3n) is 3.24. The first-order chi connectivity index (χ1) is 7.91. The fourth-order valence-electron chi connectivity index (χ4n) is 1.69. The molecule has 2 amide bonds. The van der Waals surface area contributed by atoms with Gasteiger partial charge in [-0.1, -0.05) is 0 Å². The van der Waals surface area contributed by atoms with E-state index in [4.69, 9.17) is 5.11 Å². The van der Waals surface area contributed by atoms with Gasteiger partial charge >= 0.3 is 12.0 Å². The molecule has 0 aromatic rings. The number of carbonyl (C=O) groups is 2. The molecule has 0 saturated carbocycles. The smallest absolute Gasteiger partial charge is 0.317 e. The molecule has 6 heteroatoms. The number of rotatable bonds is 3. The zero-order valence-electron chi connectivity index (χ0n) is 10.2. The Kier molecular flexibility index (Phi) is 4.74. The van der Waals surface area contributed by atoms with Crippen molar-refractivity contribution in [3.63, 3.8) is 0 Å². The van der Waals surface area contributed by atoms with Gasteiger partial charge in [-0.05, 0) is 26.7 Å². The molecule has 0 bridgehead atoms. The molecular formula is C11H20N2O4. The Balaban J connectivity index is 2.41. The molecule has 2 atom stereocenters. The first-order valence-electron chi connectivity index (χ1n) is 5.88. The van der Waals surface area contributed by atoms with Crippen molar-refractivity contribution in [1.82, 2.24) is 10.2 Å². The molecule has 0 radical (unpaired) electrons. The predicted octanol–water partition coefficient (Wildman–Crippen LogP) is 0.262. The van der Waals surface area contributed by atoms with E-state index in [2.05, 4.69) is 5.32 Å². The van der Waals surface area contributed by atoms with Crippen LogP contribution in [-0.2, 0) is 4.79 Å². The highest BCUT2D eigenvalue weighted by Crippen LogP contribution is 2.11. The zero-order chi connectivity index (χ0) is 13.0. The summed E-state index contributed by atoms with van der Waals surface area (Å²) in [6.07, 6.45) is 0.835. The number of piperidine rings is 1. The lowest BCUT2D eigenvalue weighted by Gasteiger charge is -2.31. The molecule has 1 fully saturated rings. The molecule has 98 valence electrons. The molecular weight excluding hydrogens is 224 g/mol. The maximum Gasteiger partial charge on any atom is 0.317 e. The van der Waals surface area contributed by atoms with Crippen LogP contribution in [-0.4, -0.2) is 52.3 Å². The van der Waals surface area contributed by atoms with E-state index in [-0.39, 0.29) is 12.1 Å². The first-order valence-corrected chi connectivity index (χ1v) is 5.88. The van der Waals surface area contributed by atoms with Gasteiger partial charge in [0.2, 0.25) is 0 Å². The maximum atomic E-state index is 11.8.